The highest BCUT2D eigenvalue weighted by atomic mass is 16.3. The fourth-order valence-corrected chi connectivity index (χ4v) is 2.69. The molecule has 3 N–H and O–H groups in total. The van der Waals surface area contributed by atoms with E-state index in [2.05, 4.69) is 14.9 Å². The van der Waals surface area contributed by atoms with Crippen molar-refractivity contribution in [3.63, 3.8) is 0 Å². The first-order valence-electron chi connectivity index (χ1n) is 6.85. The van der Waals surface area contributed by atoms with Crippen LogP contribution in [0.2, 0.25) is 0 Å². The van der Waals surface area contributed by atoms with Gasteiger partial charge in [-0.05, 0) is 13.0 Å². The number of phenolic OH excluding ortho intramolecular Hbond substituents is 2. The third-order valence-electron chi connectivity index (χ3n) is 3.76. The van der Waals surface area contributed by atoms with Crippen molar-refractivity contribution in [2.75, 3.05) is 6.54 Å². The molecule has 0 fully saturated rings. The molecule has 6 nitrogen and oxygen atoms in total. The summed E-state index contributed by atoms with van der Waals surface area (Å²) >= 11 is 0. The molecule has 21 heavy (non-hydrogen) atoms. The monoisotopic (exact) mass is 287 g/mol. The molecule has 0 bridgehead atoms. The number of aryl methyl sites for hydroxylation is 1. The molecule has 0 spiro atoms. The van der Waals surface area contributed by atoms with Gasteiger partial charge in [0, 0.05) is 31.6 Å². The van der Waals surface area contributed by atoms with Crippen molar-refractivity contribution in [1.29, 1.82) is 0 Å². The van der Waals surface area contributed by atoms with Crippen LogP contribution >= 0.6 is 0 Å². The number of fused-ring (bicyclic) bond motifs is 1. The second-order valence-corrected chi connectivity index (χ2v) is 5.32. The van der Waals surface area contributed by atoms with E-state index in [-0.39, 0.29) is 17.1 Å². The number of nitrogens with zero attached hydrogens (tertiary/aromatic N) is 2. The maximum absolute atomic E-state index is 12.0. The lowest BCUT2D eigenvalue weighted by Crippen LogP contribution is -2.35. The Labute approximate surface area is 121 Å². The van der Waals surface area contributed by atoms with Crippen LogP contribution in [0.15, 0.2) is 23.0 Å². The summed E-state index contributed by atoms with van der Waals surface area (Å²) in [6.45, 7) is 3.51. The van der Waals surface area contributed by atoms with Crippen molar-refractivity contribution in [1.82, 2.24) is 14.9 Å². The van der Waals surface area contributed by atoms with E-state index in [4.69, 9.17) is 0 Å². The maximum Gasteiger partial charge on any atom is 0.255 e. The quantitative estimate of drug-likeness (QED) is 0.718. The number of nitrogens with one attached hydrogen (secondary N) is 1. The Morgan fingerprint density at radius 1 is 1.38 bits per heavy atom. The average Bonchev–Trinajstić information content (AvgIpc) is 2.44. The normalized spacial score (nSPS) is 14.9. The van der Waals surface area contributed by atoms with Crippen LogP contribution < -0.4 is 5.56 Å². The predicted molar refractivity (Wildman–Crippen MR) is 77.2 cm³/mol. The Kier molecular flexibility index (Phi) is 3.39. The zero-order valence-corrected chi connectivity index (χ0v) is 11.8. The molecule has 0 saturated carbocycles. The smallest absolute Gasteiger partial charge is 0.255 e. The van der Waals surface area contributed by atoms with Crippen LogP contribution in [0.3, 0.4) is 0 Å². The first-order chi connectivity index (χ1) is 10.0. The molecule has 0 saturated heterocycles. The van der Waals surface area contributed by atoms with Crippen LogP contribution in [0.4, 0.5) is 0 Å². The number of H-pyrrole nitrogens is 1. The van der Waals surface area contributed by atoms with E-state index in [9.17, 15) is 15.0 Å². The summed E-state index contributed by atoms with van der Waals surface area (Å²) in [6.07, 6.45) is 0.708. The standard InChI is InChI=1S/C15H17N3O3/c1-9-16-12-5-6-18(8-11(12)15(21)17-9)7-10-3-2-4-13(19)14(10)20/h2-4,19-20H,5-8H2,1H3,(H,16,17,21). The zero-order valence-electron chi connectivity index (χ0n) is 11.8. The summed E-state index contributed by atoms with van der Waals surface area (Å²) < 4.78 is 0. The lowest BCUT2D eigenvalue weighted by Gasteiger charge is -2.27. The van der Waals surface area contributed by atoms with Gasteiger partial charge in [-0.15, -0.1) is 0 Å². The van der Waals surface area contributed by atoms with Gasteiger partial charge in [-0.25, -0.2) is 4.98 Å². The van der Waals surface area contributed by atoms with Gasteiger partial charge in [-0.3, -0.25) is 9.69 Å². The van der Waals surface area contributed by atoms with E-state index >= 15 is 0 Å². The van der Waals surface area contributed by atoms with E-state index in [1.165, 1.54) is 6.07 Å². The van der Waals surface area contributed by atoms with Gasteiger partial charge in [0.1, 0.15) is 5.82 Å². The molecule has 0 amide bonds. The number of aromatic nitrogens is 2. The Hall–Kier alpha value is -2.34. The summed E-state index contributed by atoms with van der Waals surface area (Å²) in [5, 5.41) is 19.4. The molecule has 2 heterocycles. The molecule has 3 rings (SSSR count). The molecule has 0 unspecified atom stereocenters. The minimum atomic E-state index is -0.125. The lowest BCUT2D eigenvalue weighted by atomic mass is 10.1. The highest BCUT2D eigenvalue weighted by Gasteiger charge is 2.21. The molecule has 1 aromatic heterocycles. The largest absolute Gasteiger partial charge is 0.504 e. The molecule has 0 radical (unpaired) electrons. The first-order valence-corrected chi connectivity index (χ1v) is 6.85. The minimum Gasteiger partial charge on any atom is -0.504 e. The topological polar surface area (TPSA) is 89.5 Å². The fraction of sp³-hybridized carbons (Fsp3) is 0.333. The number of aromatic amines is 1. The van der Waals surface area contributed by atoms with Gasteiger partial charge in [0.15, 0.2) is 11.5 Å². The van der Waals surface area contributed by atoms with E-state index in [1.54, 1.807) is 19.1 Å². The summed E-state index contributed by atoms with van der Waals surface area (Å²) in [7, 11) is 0. The Bertz CT molecular complexity index is 739. The Balaban J connectivity index is 1.84. The third kappa shape index (κ3) is 2.62. The van der Waals surface area contributed by atoms with E-state index in [0.717, 1.165) is 12.2 Å². The number of hydrogen-bond acceptors (Lipinski definition) is 5. The summed E-state index contributed by atoms with van der Waals surface area (Å²) in [6, 6.07) is 4.91. The highest BCUT2D eigenvalue weighted by molar-refractivity contribution is 5.44. The van der Waals surface area contributed by atoms with Crippen molar-refractivity contribution < 1.29 is 10.2 Å². The van der Waals surface area contributed by atoms with Crippen molar-refractivity contribution in [3.8, 4) is 11.5 Å². The van der Waals surface area contributed by atoms with Gasteiger partial charge in [0.05, 0.1) is 11.3 Å². The lowest BCUT2D eigenvalue weighted by molar-refractivity contribution is 0.237. The van der Waals surface area contributed by atoms with Gasteiger partial charge in [-0.2, -0.15) is 0 Å². The van der Waals surface area contributed by atoms with Gasteiger partial charge in [-0.1, -0.05) is 12.1 Å². The van der Waals surface area contributed by atoms with Crippen LogP contribution in [-0.4, -0.2) is 31.6 Å². The number of benzene rings is 1. The van der Waals surface area contributed by atoms with Crippen molar-refractivity contribution in [2.45, 2.75) is 26.4 Å². The first kappa shape index (κ1) is 13.6. The minimum absolute atomic E-state index is 0.0951. The van der Waals surface area contributed by atoms with Gasteiger partial charge in [0.2, 0.25) is 0 Å². The number of rotatable bonds is 2. The van der Waals surface area contributed by atoms with E-state index < -0.39 is 0 Å². The Morgan fingerprint density at radius 2 is 2.19 bits per heavy atom. The summed E-state index contributed by atoms with van der Waals surface area (Å²) in [4.78, 5) is 21.1. The average molecular weight is 287 g/mol. The molecule has 0 atom stereocenters. The SMILES string of the molecule is Cc1nc2c(c(=O)[nH]1)CN(Cc1cccc(O)c1O)CC2. The predicted octanol–water partition coefficient (Wildman–Crippen LogP) is 1.05. The third-order valence-corrected chi connectivity index (χ3v) is 3.76. The van der Waals surface area contributed by atoms with Gasteiger partial charge >= 0.3 is 0 Å². The van der Waals surface area contributed by atoms with Crippen LogP contribution in [0.1, 0.15) is 22.6 Å². The number of aromatic hydroxyl groups is 2. The van der Waals surface area contributed by atoms with Crippen LogP contribution in [-0.2, 0) is 19.5 Å². The fourth-order valence-electron chi connectivity index (χ4n) is 2.69. The molecule has 1 aliphatic rings. The zero-order chi connectivity index (χ0) is 15.0. The number of phenols is 2. The number of para-hydroxylation sites is 1. The van der Waals surface area contributed by atoms with Crippen molar-refractivity contribution in [3.05, 3.63) is 51.2 Å². The molecular formula is C15H17N3O3. The van der Waals surface area contributed by atoms with E-state index in [0.29, 0.717) is 36.5 Å². The molecule has 6 heteroatoms. The van der Waals surface area contributed by atoms with Crippen LogP contribution in [0.25, 0.3) is 0 Å². The molecule has 2 aromatic rings. The summed E-state index contributed by atoms with van der Waals surface area (Å²) in [5.74, 6) is 0.414. The second kappa shape index (κ2) is 5.21. The summed E-state index contributed by atoms with van der Waals surface area (Å²) in [5.41, 5.74) is 2.09. The van der Waals surface area contributed by atoms with Gasteiger partial charge in [0.25, 0.3) is 5.56 Å². The van der Waals surface area contributed by atoms with Crippen molar-refractivity contribution >= 4 is 0 Å². The van der Waals surface area contributed by atoms with Crippen molar-refractivity contribution in [2.24, 2.45) is 0 Å². The molecule has 110 valence electrons. The van der Waals surface area contributed by atoms with Crippen LogP contribution in [0.5, 0.6) is 11.5 Å². The maximum atomic E-state index is 12.0. The van der Waals surface area contributed by atoms with Gasteiger partial charge < -0.3 is 15.2 Å². The van der Waals surface area contributed by atoms with E-state index in [1.807, 2.05) is 0 Å². The number of hydrogen-bond donors (Lipinski definition) is 3. The molecule has 0 aliphatic carbocycles. The molecule has 1 aromatic carbocycles. The molecule has 1 aliphatic heterocycles. The molecular weight excluding hydrogens is 270 g/mol. The highest BCUT2D eigenvalue weighted by Crippen LogP contribution is 2.29. The second-order valence-electron chi connectivity index (χ2n) is 5.32. The van der Waals surface area contributed by atoms with Crippen LogP contribution in [0, 0.1) is 6.92 Å². The Morgan fingerprint density at radius 3 is 3.00 bits per heavy atom.